The Morgan fingerprint density at radius 3 is 2.57 bits per heavy atom. The Kier molecular flexibility index (Phi) is 3.70. The summed E-state index contributed by atoms with van der Waals surface area (Å²) in [6, 6.07) is 0. The Morgan fingerprint density at radius 1 is 1.50 bits per heavy atom. The summed E-state index contributed by atoms with van der Waals surface area (Å²) in [5.74, 6) is -0.721. The molecule has 0 radical (unpaired) electrons. The zero-order valence-corrected chi connectivity index (χ0v) is 8.06. The van der Waals surface area contributed by atoms with Crippen molar-refractivity contribution in [2.45, 2.75) is 19.6 Å². The van der Waals surface area contributed by atoms with Gasteiger partial charge in [0, 0.05) is 13.1 Å². The van der Waals surface area contributed by atoms with Crippen molar-refractivity contribution in [1.82, 2.24) is 4.90 Å². The summed E-state index contributed by atoms with van der Waals surface area (Å²) in [5.41, 5.74) is 5.28. The van der Waals surface area contributed by atoms with Crippen LogP contribution in [-0.2, 0) is 14.3 Å². The van der Waals surface area contributed by atoms with Crippen LogP contribution in [0.1, 0.15) is 13.3 Å². The molecule has 0 bridgehead atoms. The van der Waals surface area contributed by atoms with Crippen molar-refractivity contribution in [3.05, 3.63) is 0 Å². The summed E-state index contributed by atoms with van der Waals surface area (Å²) in [4.78, 5) is 23.6. The Bertz CT molecular complexity index is 227. The average molecular weight is 202 g/mol. The number of nitrogens with two attached hydrogens (primary N) is 1. The van der Waals surface area contributed by atoms with Crippen molar-refractivity contribution in [3.63, 3.8) is 0 Å². The Hall–Kier alpha value is -1.30. The third kappa shape index (κ3) is 2.59. The fourth-order valence-electron chi connectivity index (χ4n) is 0.954. The summed E-state index contributed by atoms with van der Waals surface area (Å²) in [7, 11) is 0. The number of hydrogen-bond donors (Lipinski definition) is 1. The molecule has 1 unspecified atom stereocenters. The molecule has 1 atom stereocenters. The summed E-state index contributed by atoms with van der Waals surface area (Å²) in [6.45, 7) is 3.19. The van der Waals surface area contributed by atoms with Crippen LogP contribution in [0.15, 0.2) is 0 Å². The van der Waals surface area contributed by atoms with Crippen molar-refractivity contribution >= 4 is 12.1 Å². The van der Waals surface area contributed by atoms with E-state index in [9.17, 15) is 9.59 Å². The van der Waals surface area contributed by atoms with Crippen molar-refractivity contribution in [2.75, 3.05) is 19.7 Å². The van der Waals surface area contributed by atoms with E-state index >= 15 is 0 Å². The molecule has 80 valence electrons. The third-order valence-electron chi connectivity index (χ3n) is 1.86. The lowest BCUT2D eigenvalue weighted by Crippen LogP contribution is -2.47. The van der Waals surface area contributed by atoms with Crippen LogP contribution in [-0.4, -0.2) is 42.9 Å². The molecule has 0 aromatic carbocycles. The number of carbonyl (C=O) groups excluding carboxylic acids is 2. The molecule has 2 N–H and O–H groups in total. The molecule has 1 fully saturated rings. The van der Waals surface area contributed by atoms with Gasteiger partial charge in [0.15, 0.2) is 0 Å². The number of nitrogens with zero attached hydrogens (tertiary/aromatic N) is 1. The van der Waals surface area contributed by atoms with Crippen LogP contribution < -0.4 is 5.73 Å². The first-order valence-corrected chi connectivity index (χ1v) is 4.53. The second kappa shape index (κ2) is 4.80. The number of hydrogen-bond acceptors (Lipinski definition) is 5. The van der Waals surface area contributed by atoms with Gasteiger partial charge in [-0.25, -0.2) is 9.59 Å². The lowest BCUT2D eigenvalue weighted by molar-refractivity contribution is -0.153. The van der Waals surface area contributed by atoms with E-state index in [0.29, 0.717) is 13.1 Å². The van der Waals surface area contributed by atoms with Gasteiger partial charge in [0.1, 0.15) is 0 Å². The lowest BCUT2D eigenvalue weighted by atomic mass is 10.2. The minimum absolute atomic E-state index is 0.216. The van der Waals surface area contributed by atoms with Crippen LogP contribution in [0.2, 0.25) is 0 Å². The number of esters is 1. The fraction of sp³-hybridized carbons (Fsp3) is 0.750. The van der Waals surface area contributed by atoms with E-state index in [-0.39, 0.29) is 6.61 Å². The van der Waals surface area contributed by atoms with Crippen LogP contribution in [0.4, 0.5) is 4.79 Å². The molecule has 0 aromatic rings. The Balaban J connectivity index is 2.27. The lowest BCUT2D eigenvalue weighted by Gasteiger charge is -2.30. The standard InChI is InChI=1S/C8H14N2O4/c1-2-13-7(11)6(9)14-8(12)10-4-3-5-10/h6H,2-5,9H2,1H3. The monoisotopic (exact) mass is 202 g/mol. The van der Waals surface area contributed by atoms with Crippen molar-refractivity contribution in [2.24, 2.45) is 5.73 Å². The first-order chi connectivity index (χ1) is 6.65. The summed E-state index contributed by atoms with van der Waals surface area (Å²) in [5, 5.41) is 0. The molecule has 6 nitrogen and oxygen atoms in total. The van der Waals surface area contributed by atoms with Crippen LogP contribution >= 0.6 is 0 Å². The number of carbonyl (C=O) groups is 2. The molecule has 1 aliphatic heterocycles. The molecule has 1 heterocycles. The Morgan fingerprint density at radius 2 is 2.14 bits per heavy atom. The molecule has 0 saturated carbocycles. The topological polar surface area (TPSA) is 81.9 Å². The summed E-state index contributed by atoms with van der Waals surface area (Å²) in [6.07, 6.45) is -0.913. The summed E-state index contributed by atoms with van der Waals surface area (Å²) >= 11 is 0. The number of ether oxygens (including phenoxy) is 2. The van der Waals surface area contributed by atoms with Crippen LogP contribution in [0, 0.1) is 0 Å². The maximum atomic E-state index is 11.2. The van der Waals surface area contributed by atoms with Gasteiger partial charge in [0.25, 0.3) is 6.23 Å². The quantitative estimate of drug-likeness (QED) is 0.501. The molecular weight excluding hydrogens is 188 g/mol. The highest BCUT2D eigenvalue weighted by Gasteiger charge is 2.26. The highest BCUT2D eigenvalue weighted by Crippen LogP contribution is 2.08. The smallest absolute Gasteiger partial charge is 0.411 e. The van der Waals surface area contributed by atoms with E-state index in [1.165, 1.54) is 4.90 Å². The minimum atomic E-state index is -1.32. The van der Waals surface area contributed by atoms with Gasteiger partial charge in [-0.15, -0.1) is 0 Å². The van der Waals surface area contributed by atoms with Gasteiger partial charge in [-0.3, -0.25) is 5.73 Å². The Labute approximate surface area is 81.9 Å². The maximum Gasteiger partial charge on any atom is 0.411 e. The van der Waals surface area contributed by atoms with Gasteiger partial charge in [-0.2, -0.15) is 0 Å². The molecule has 1 amide bonds. The molecule has 0 aliphatic carbocycles. The van der Waals surface area contributed by atoms with E-state index in [1.54, 1.807) is 6.92 Å². The molecule has 14 heavy (non-hydrogen) atoms. The van der Waals surface area contributed by atoms with Crippen molar-refractivity contribution in [1.29, 1.82) is 0 Å². The number of amides is 1. The van der Waals surface area contributed by atoms with Crippen LogP contribution in [0.5, 0.6) is 0 Å². The molecule has 0 spiro atoms. The predicted molar refractivity (Wildman–Crippen MR) is 47.3 cm³/mol. The second-order valence-corrected chi connectivity index (χ2v) is 2.90. The van der Waals surface area contributed by atoms with Crippen LogP contribution in [0.25, 0.3) is 0 Å². The molecule has 1 saturated heterocycles. The van der Waals surface area contributed by atoms with Gasteiger partial charge >= 0.3 is 12.1 Å². The van der Waals surface area contributed by atoms with E-state index < -0.39 is 18.3 Å². The van der Waals surface area contributed by atoms with Gasteiger partial charge in [-0.05, 0) is 13.3 Å². The normalized spacial score (nSPS) is 16.9. The van der Waals surface area contributed by atoms with Crippen LogP contribution in [0.3, 0.4) is 0 Å². The molecule has 0 aromatic heterocycles. The van der Waals surface area contributed by atoms with Gasteiger partial charge in [0.2, 0.25) is 0 Å². The van der Waals surface area contributed by atoms with Crippen molar-refractivity contribution in [3.8, 4) is 0 Å². The number of rotatable bonds is 3. The fourth-order valence-corrected chi connectivity index (χ4v) is 0.954. The van der Waals surface area contributed by atoms with E-state index in [4.69, 9.17) is 5.73 Å². The highest BCUT2D eigenvalue weighted by atomic mass is 16.6. The zero-order chi connectivity index (χ0) is 10.6. The first-order valence-electron chi connectivity index (χ1n) is 4.53. The first kappa shape index (κ1) is 10.8. The molecule has 1 rings (SSSR count). The highest BCUT2D eigenvalue weighted by molar-refractivity contribution is 5.78. The van der Waals surface area contributed by atoms with Gasteiger partial charge < -0.3 is 14.4 Å². The van der Waals surface area contributed by atoms with Gasteiger partial charge in [0.05, 0.1) is 6.61 Å². The molecule has 1 aliphatic rings. The molecule has 6 heteroatoms. The van der Waals surface area contributed by atoms with Gasteiger partial charge in [-0.1, -0.05) is 0 Å². The summed E-state index contributed by atoms with van der Waals surface area (Å²) < 4.78 is 9.24. The SMILES string of the molecule is CCOC(=O)C(N)OC(=O)N1CCC1. The average Bonchev–Trinajstić information content (AvgIpc) is 2.00. The second-order valence-electron chi connectivity index (χ2n) is 2.90. The van der Waals surface area contributed by atoms with E-state index in [2.05, 4.69) is 9.47 Å². The van der Waals surface area contributed by atoms with E-state index in [1.807, 2.05) is 0 Å². The molecular formula is C8H14N2O4. The maximum absolute atomic E-state index is 11.2. The third-order valence-corrected chi connectivity index (χ3v) is 1.86. The minimum Gasteiger partial charge on any atom is -0.462 e. The predicted octanol–water partition coefficient (Wildman–Crippen LogP) is -0.323. The largest absolute Gasteiger partial charge is 0.462 e. The number of likely N-dealkylation sites (tertiary alicyclic amines) is 1. The van der Waals surface area contributed by atoms with E-state index in [0.717, 1.165) is 6.42 Å². The van der Waals surface area contributed by atoms with Crippen molar-refractivity contribution < 1.29 is 19.1 Å². The zero-order valence-electron chi connectivity index (χ0n) is 8.06.